The molecule has 8 rings (SSSR count). The van der Waals surface area contributed by atoms with Crippen molar-refractivity contribution in [3.63, 3.8) is 0 Å². The number of halogens is 5. The van der Waals surface area contributed by atoms with Crippen molar-refractivity contribution in [2.45, 2.75) is 36.9 Å². The van der Waals surface area contributed by atoms with Crippen LogP contribution in [0.5, 0.6) is 5.75 Å². The second-order valence-electron chi connectivity index (χ2n) is 13.7. The molecule has 0 unspecified atom stereocenters. The van der Waals surface area contributed by atoms with Crippen LogP contribution < -0.4 is 5.43 Å². The molecule has 2 aliphatic heterocycles. The van der Waals surface area contributed by atoms with Crippen molar-refractivity contribution < 1.29 is 37.5 Å². The topological polar surface area (TPSA) is 120 Å². The van der Waals surface area contributed by atoms with Gasteiger partial charge < -0.3 is 5.11 Å². The zero-order valence-corrected chi connectivity index (χ0v) is 29.1. The Balaban J connectivity index is 1.28. The van der Waals surface area contributed by atoms with E-state index >= 15 is 4.79 Å². The van der Waals surface area contributed by atoms with E-state index in [0.717, 1.165) is 5.56 Å². The van der Waals surface area contributed by atoms with E-state index in [2.05, 4.69) is 10.4 Å². The van der Waals surface area contributed by atoms with Crippen LogP contribution >= 0.6 is 23.2 Å². The molecule has 0 radical (unpaired) electrons. The van der Waals surface area contributed by atoms with Crippen LogP contribution in [0.2, 0.25) is 10.0 Å². The molecule has 2 aliphatic carbocycles. The lowest BCUT2D eigenvalue weighted by Crippen LogP contribution is -2.53. The summed E-state index contributed by atoms with van der Waals surface area (Å²) in [7, 11) is 0. The van der Waals surface area contributed by atoms with E-state index in [1.54, 1.807) is 42.5 Å². The maximum atomic E-state index is 15.2. The molecule has 0 bridgehead atoms. The number of aromatic nitrogens is 1. The number of rotatable bonds is 6. The zero-order valence-electron chi connectivity index (χ0n) is 27.6. The molecular formula is C39H29Cl2F3N4O5. The van der Waals surface area contributed by atoms with Crippen LogP contribution in [0.1, 0.15) is 41.0 Å². The molecule has 4 aliphatic rings. The van der Waals surface area contributed by atoms with Gasteiger partial charge >= 0.3 is 6.18 Å². The molecule has 3 aromatic carbocycles. The molecule has 0 spiro atoms. The summed E-state index contributed by atoms with van der Waals surface area (Å²) < 4.78 is 40.3. The van der Waals surface area contributed by atoms with Crippen molar-refractivity contribution in [2.24, 2.45) is 23.7 Å². The highest BCUT2D eigenvalue weighted by Gasteiger charge is 2.70. The molecule has 1 saturated carbocycles. The first-order valence-corrected chi connectivity index (χ1v) is 17.6. The predicted molar refractivity (Wildman–Crippen MR) is 187 cm³/mol. The van der Waals surface area contributed by atoms with E-state index in [1.165, 1.54) is 11.0 Å². The Labute approximate surface area is 311 Å². The summed E-state index contributed by atoms with van der Waals surface area (Å²) in [6, 6.07) is 22.6. The molecule has 4 amide bonds. The number of imide groups is 2. The molecule has 9 nitrogen and oxygen atoms in total. The van der Waals surface area contributed by atoms with Gasteiger partial charge in [-0.3, -0.25) is 29.5 Å². The van der Waals surface area contributed by atoms with Crippen molar-refractivity contribution in [3.8, 4) is 5.75 Å². The summed E-state index contributed by atoms with van der Waals surface area (Å²) >= 11 is 12.5. The molecule has 1 aromatic heterocycles. The maximum Gasteiger partial charge on any atom is 0.417 e. The minimum atomic E-state index is -4.75. The Hall–Kier alpha value is -5.20. The lowest BCUT2D eigenvalue weighted by molar-refractivity contribution is -0.142. The number of benzene rings is 3. The molecule has 4 aromatic rings. The number of amides is 4. The fourth-order valence-corrected chi connectivity index (χ4v) is 9.18. The number of para-hydroxylation sites is 1. The number of hydrogen-bond acceptors (Lipinski definition) is 7. The number of hydrazine groups is 1. The first-order valence-electron chi connectivity index (χ1n) is 16.8. The number of fused-ring (bicyclic) bond motifs is 4. The molecule has 14 heteroatoms. The number of anilines is 1. The summed E-state index contributed by atoms with van der Waals surface area (Å²) in [5.41, 5.74) is 1.81. The minimum absolute atomic E-state index is 0.0329. The van der Waals surface area contributed by atoms with Gasteiger partial charge in [-0.05, 0) is 54.2 Å². The zero-order chi connectivity index (χ0) is 37.4. The molecule has 270 valence electrons. The van der Waals surface area contributed by atoms with Gasteiger partial charge in [0.1, 0.15) is 5.75 Å². The SMILES string of the molecule is O=C1[C@H]2[C@H](CC=C3[C@H]2C[C@H]2C(=O)N(Nc4ncc(C(F)(F)F)cc4Cl)C(=O)[C@@]2(c2ccc(Cl)cc2)[C@H]3c2ccccc2O)C(=O)N1Cc1ccccc1. The first-order chi connectivity index (χ1) is 25.3. The molecule has 3 heterocycles. The number of aromatic hydroxyl groups is 1. The summed E-state index contributed by atoms with van der Waals surface area (Å²) in [5.74, 6) is -7.22. The number of allylic oxidation sites excluding steroid dienone is 2. The third kappa shape index (κ3) is 5.41. The van der Waals surface area contributed by atoms with E-state index in [4.69, 9.17) is 23.2 Å². The second-order valence-corrected chi connectivity index (χ2v) is 14.6. The normalized spacial score (nSPS) is 26.7. The summed E-state index contributed by atoms with van der Waals surface area (Å²) in [4.78, 5) is 63.2. The van der Waals surface area contributed by atoms with Crippen LogP contribution in [-0.2, 0) is 37.3 Å². The van der Waals surface area contributed by atoms with Gasteiger partial charge in [-0.25, -0.2) is 4.98 Å². The van der Waals surface area contributed by atoms with Crippen LogP contribution in [0, 0.1) is 23.7 Å². The fraction of sp³-hybridized carbons (Fsp3) is 0.256. The minimum Gasteiger partial charge on any atom is -0.508 e. The molecule has 53 heavy (non-hydrogen) atoms. The monoisotopic (exact) mass is 760 g/mol. The molecule has 2 N–H and O–H groups in total. The van der Waals surface area contributed by atoms with Gasteiger partial charge in [0.15, 0.2) is 5.82 Å². The van der Waals surface area contributed by atoms with E-state index in [0.29, 0.717) is 39.0 Å². The number of pyridine rings is 1. The summed E-state index contributed by atoms with van der Waals surface area (Å²) in [6.45, 7) is 0.0740. The standard InChI is InChI=1S/C39H29Cl2F3N4O5/c40-23-12-10-21(11-13-23)38-28(35(51)48(37(38)53)46-33-29(41)16-22(18-45-33)39(42,43)44)17-27-24(32(38)25-8-4-5-9-30(25)49)14-15-26-31(27)36(52)47(34(26)50)19-20-6-2-1-3-7-20/h1-14,16,18,26-28,31-32,49H,15,17,19H2,(H,45,46)/t26-,27+,28-,31-,32+,38+/m0/s1. The summed E-state index contributed by atoms with van der Waals surface area (Å²) in [6.07, 6.45) is -2.20. The number of hydrogen-bond donors (Lipinski definition) is 2. The average molecular weight is 762 g/mol. The van der Waals surface area contributed by atoms with Gasteiger partial charge in [0, 0.05) is 22.7 Å². The van der Waals surface area contributed by atoms with Gasteiger partial charge in [0.25, 0.3) is 11.8 Å². The van der Waals surface area contributed by atoms with E-state index in [1.807, 2.05) is 36.4 Å². The predicted octanol–water partition coefficient (Wildman–Crippen LogP) is 7.30. The van der Waals surface area contributed by atoms with Crippen molar-refractivity contribution in [1.82, 2.24) is 14.9 Å². The van der Waals surface area contributed by atoms with Crippen LogP contribution in [0.15, 0.2) is 103 Å². The third-order valence-corrected chi connectivity index (χ3v) is 11.6. The quantitative estimate of drug-likeness (QED) is 0.156. The van der Waals surface area contributed by atoms with Crippen molar-refractivity contribution in [3.05, 3.63) is 135 Å². The lowest BCUT2D eigenvalue weighted by atomic mass is 9.49. The average Bonchev–Trinajstić information content (AvgIpc) is 3.50. The van der Waals surface area contributed by atoms with Crippen LogP contribution in [0.3, 0.4) is 0 Å². The maximum absolute atomic E-state index is 15.2. The summed E-state index contributed by atoms with van der Waals surface area (Å²) in [5, 5.41) is 12.0. The highest BCUT2D eigenvalue weighted by atomic mass is 35.5. The Kier molecular flexibility index (Phi) is 8.38. The van der Waals surface area contributed by atoms with Gasteiger partial charge in [-0.2, -0.15) is 18.2 Å². The number of carbonyl (C=O) groups excluding carboxylic acids is 4. The fourth-order valence-electron chi connectivity index (χ4n) is 8.85. The Morgan fingerprint density at radius 3 is 2.26 bits per heavy atom. The molecule has 3 fully saturated rings. The molecule has 2 saturated heterocycles. The Morgan fingerprint density at radius 1 is 0.887 bits per heavy atom. The van der Waals surface area contributed by atoms with Crippen molar-refractivity contribution in [1.29, 1.82) is 0 Å². The smallest absolute Gasteiger partial charge is 0.417 e. The molecular weight excluding hydrogens is 732 g/mol. The van der Waals surface area contributed by atoms with E-state index in [9.17, 15) is 32.7 Å². The van der Waals surface area contributed by atoms with Crippen molar-refractivity contribution >= 4 is 52.6 Å². The largest absolute Gasteiger partial charge is 0.508 e. The van der Waals surface area contributed by atoms with Gasteiger partial charge in [0.05, 0.1) is 40.3 Å². The second kappa shape index (κ2) is 12.7. The van der Waals surface area contributed by atoms with E-state index < -0.39 is 63.6 Å². The number of nitrogens with one attached hydrogen (secondary N) is 1. The number of likely N-dealkylation sites (tertiary alicyclic amines) is 1. The van der Waals surface area contributed by atoms with E-state index in [-0.39, 0.29) is 42.8 Å². The highest BCUT2D eigenvalue weighted by Crippen LogP contribution is 2.65. The number of phenols is 1. The Morgan fingerprint density at radius 2 is 1.58 bits per heavy atom. The first kappa shape index (κ1) is 34.9. The van der Waals surface area contributed by atoms with Crippen LogP contribution in [-0.4, -0.2) is 43.6 Å². The third-order valence-electron chi connectivity index (χ3n) is 11.1. The number of phenolic OH excluding ortho intramolecular Hbond substituents is 1. The number of nitrogens with zero attached hydrogens (tertiary/aromatic N) is 3. The number of alkyl halides is 3. The lowest BCUT2D eigenvalue weighted by Gasteiger charge is -2.50. The molecule has 6 atom stereocenters. The van der Waals surface area contributed by atoms with Gasteiger partial charge in [-0.15, -0.1) is 0 Å². The highest BCUT2D eigenvalue weighted by molar-refractivity contribution is 6.33. The van der Waals surface area contributed by atoms with Crippen LogP contribution in [0.4, 0.5) is 19.0 Å². The van der Waals surface area contributed by atoms with Gasteiger partial charge in [0.2, 0.25) is 11.8 Å². The van der Waals surface area contributed by atoms with Gasteiger partial charge in [-0.1, -0.05) is 95.5 Å². The number of carbonyl (C=O) groups is 4. The van der Waals surface area contributed by atoms with Crippen molar-refractivity contribution in [2.75, 3.05) is 5.43 Å². The van der Waals surface area contributed by atoms with Crippen LogP contribution in [0.25, 0.3) is 0 Å². The Bertz CT molecular complexity index is 2220.